The third-order valence-corrected chi connectivity index (χ3v) is 3.26. The predicted molar refractivity (Wildman–Crippen MR) is 83.3 cm³/mol. The highest BCUT2D eigenvalue weighted by atomic mass is 19.4. The number of rotatable bonds is 4. The van der Waals surface area contributed by atoms with Gasteiger partial charge in [-0.1, -0.05) is 24.3 Å². The number of hydrogen-bond donors (Lipinski definition) is 0. The maximum absolute atomic E-state index is 12.9. The van der Waals surface area contributed by atoms with Crippen molar-refractivity contribution >= 4 is 27.8 Å². The lowest BCUT2D eigenvalue weighted by atomic mass is 9.96. The van der Waals surface area contributed by atoms with Crippen molar-refractivity contribution in [3.8, 4) is 0 Å². The first-order chi connectivity index (χ1) is 11.1. The van der Waals surface area contributed by atoms with E-state index in [0.29, 0.717) is 5.39 Å². The monoisotopic (exact) mass is 338 g/mol. The van der Waals surface area contributed by atoms with Gasteiger partial charge in [-0.2, -0.15) is 13.2 Å². The minimum atomic E-state index is -5.14. The summed E-state index contributed by atoms with van der Waals surface area (Å²) in [6.07, 6.45) is -4.20. The Morgan fingerprint density at radius 2 is 1.79 bits per heavy atom. The molecule has 0 saturated carbocycles. The van der Waals surface area contributed by atoms with Crippen LogP contribution >= 0.6 is 0 Å². The fourth-order valence-corrected chi connectivity index (χ4v) is 2.33. The summed E-state index contributed by atoms with van der Waals surface area (Å²) in [4.78, 5) is 23.7. The number of Topliss-reactive ketones (excluding diaryl/α,β-unsaturated/α-hetero) is 1. The number of alkyl halides is 3. The Morgan fingerprint density at radius 1 is 1.17 bits per heavy atom. The van der Waals surface area contributed by atoms with Crippen LogP contribution in [0, 0.1) is 10.1 Å². The summed E-state index contributed by atoms with van der Waals surface area (Å²) in [5.41, 5.74) is -1.67. The second kappa shape index (κ2) is 6.31. The van der Waals surface area contributed by atoms with Crippen LogP contribution in [0.2, 0.25) is 0 Å². The summed E-state index contributed by atoms with van der Waals surface area (Å²) in [5, 5.41) is 12.1. The summed E-state index contributed by atoms with van der Waals surface area (Å²) in [6.45, 7) is 0. The van der Waals surface area contributed by atoms with E-state index in [1.54, 1.807) is 18.2 Å². The van der Waals surface area contributed by atoms with Gasteiger partial charge in [0, 0.05) is 20.3 Å². The Hall–Kier alpha value is -2.90. The van der Waals surface area contributed by atoms with Gasteiger partial charge in [0.2, 0.25) is 0 Å². The zero-order valence-corrected chi connectivity index (χ0v) is 12.8. The topological polar surface area (TPSA) is 63.5 Å². The maximum Gasteiger partial charge on any atom is 0.454 e. The molecule has 2 aromatic carbocycles. The Kier molecular flexibility index (Phi) is 4.59. The Labute approximate surface area is 135 Å². The number of hydrogen-bond acceptors (Lipinski definition) is 4. The van der Waals surface area contributed by atoms with Crippen LogP contribution in [0.15, 0.2) is 42.6 Å². The third-order valence-electron chi connectivity index (χ3n) is 3.26. The van der Waals surface area contributed by atoms with Gasteiger partial charge < -0.3 is 4.90 Å². The van der Waals surface area contributed by atoms with Gasteiger partial charge >= 0.3 is 6.18 Å². The molecule has 0 fully saturated rings. The van der Waals surface area contributed by atoms with E-state index in [0.717, 1.165) is 6.20 Å². The van der Waals surface area contributed by atoms with E-state index in [9.17, 15) is 28.1 Å². The number of nitro groups is 1. The highest BCUT2D eigenvalue weighted by molar-refractivity contribution is 6.25. The van der Waals surface area contributed by atoms with Gasteiger partial charge in [0.1, 0.15) is 0 Å². The smallest absolute Gasteiger partial charge is 0.383 e. The van der Waals surface area contributed by atoms with Crippen LogP contribution in [0.25, 0.3) is 16.3 Å². The quantitative estimate of drug-likeness (QED) is 0.483. The molecular weight excluding hydrogens is 325 g/mol. The summed E-state index contributed by atoms with van der Waals surface area (Å²) in [5.74, 6) is -2.13. The second-order valence-electron chi connectivity index (χ2n) is 5.27. The number of ketones is 1. The molecule has 2 aromatic rings. The first kappa shape index (κ1) is 17.5. The van der Waals surface area contributed by atoms with Crippen molar-refractivity contribution in [2.24, 2.45) is 0 Å². The zero-order chi connectivity index (χ0) is 18.1. The molecule has 126 valence electrons. The van der Waals surface area contributed by atoms with Crippen molar-refractivity contribution in [1.29, 1.82) is 0 Å². The Bertz CT molecular complexity index is 842. The average molecular weight is 338 g/mol. The fourth-order valence-electron chi connectivity index (χ4n) is 2.33. The molecule has 0 saturated heterocycles. The fraction of sp³-hybridized carbons (Fsp3) is 0.188. The van der Waals surface area contributed by atoms with Crippen LogP contribution < -0.4 is 0 Å². The van der Waals surface area contributed by atoms with Gasteiger partial charge in [-0.05, 0) is 17.5 Å². The predicted octanol–water partition coefficient (Wildman–Crippen LogP) is 3.78. The third kappa shape index (κ3) is 3.37. The summed E-state index contributed by atoms with van der Waals surface area (Å²) < 4.78 is 38.7. The van der Waals surface area contributed by atoms with E-state index >= 15 is 0 Å². The van der Waals surface area contributed by atoms with Gasteiger partial charge in [0.05, 0.1) is 21.4 Å². The van der Waals surface area contributed by atoms with Gasteiger partial charge in [-0.15, -0.1) is 0 Å². The molecule has 0 aliphatic rings. The van der Waals surface area contributed by atoms with Crippen LogP contribution in [-0.4, -0.2) is 35.9 Å². The number of benzene rings is 2. The molecule has 0 amide bonds. The molecule has 2 rings (SSSR count). The Morgan fingerprint density at radius 3 is 2.33 bits per heavy atom. The van der Waals surface area contributed by atoms with Gasteiger partial charge in [0.15, 0.2) is 0 Å². The van der Waals surface area contributed by atoms with Crippen LogP contribution in [0.4, 0.5) is 18.9 Å². The van der Waals surface area contributed by atoms with Crippen LogP contribution in [-0.2, 0) is 4.79 Å². The minimum Gasteiger partial charge on any atom is -0.383 e. The molecule has 8 heteroatoms. The van der Waals surface area contributed by atoms with E-state index in [4.69, 9.17) is 0 Å². The van der Waals surface area contributed by atoms with Crippen molar-refractivity contribution in [1.82, 2.24) is 4.90 Å². The highest BCUT2D eigenvalue weighted by Crippen LogP contribution is 2.37. The number of nitro benzene ring substituents is 1. The molecule has 0 aliphatic heterocycles. The number of carbonyl (C=O) groups excluding carboxylic acids is 1. The van der Waals surface area contributed by atoms with Crippen LogP contribution in [0.1, 0.15) is 5.56 Å². The molecule has 0 aliphatic carbocycles. The van der Waals surface area contributed by atoms with Gasteiger partial charge in [-0.3, -0.25) is 14.9 Å². The summed E-state index contributed by atoms with van der Waals surface area (Å²) >= 11 is 0. The largest absolute Gasteiger partial charge is 0.454 e. The van der Waals surface area contributed by atoms with Crippen molar-refractivity contribution in [2.45, 2.75) is 6.18 Å². The van der Waals surface area contributed by atoms with E-state index in [1.165, 1.54) is 37.2 Å². The minimum absolute atomic E-state index is 0.166. The van der Waals surface area contributed by atoms with E-state index < -0.39 is 28.1 Å². The molecule has 0 atom stereocenters. The van der Waals surface area contributed by atoms with Gasteiger partial charge in [-0.25, -0.2) is 0 Å². The molecule has 24 heavy (non-hydrogen) atoms. The van der Waals surface area contributed by atoms with Crippen molar-refractivity contribution in [2.75, 3.05) is 14.1 Å². The number of halogens is 3. The first-order valence-electron chi connectivity index (χ1n) is 6.79. The normalized spacial score (nSPS) is 12.3. The molecule has 0 aromatic heterocycles. The lowest BCUT2D eigenvalue weighted by Crippen LogP contribution is -2.25. The van der Waals surface area contributed by atoms with Crippen molar-refractivity contribution < 1.29 is 22.9 Å². The molecule has 0 unspecified atom stereocenters. The van der Waals surface area contributed by atoms with Gasteiger partial charge in [0.25, 0.3) is 11.5 Å². The molecular formula is C16H13F3N2O3. The lowest BCUT2D eigenvalue weighted by molar-refractivity contribution is -0.383. The number of carbonyl (C=O) groups is 1. The standard InChI is InChI=1S/C16H13F3N2O3/c1-20(2)9-13(15(22)16(17,18)19)12-8-7-10-5-3-4-6-11(10)14(12)21(23)24/h3-9H,1-2H3/b13-9+. The number of allylic oxidation sites excluding steroid dienone is 1. The summed E-state index contributed by atoms with van der Waals surface area (Å²) in [6, 6.07) is 8.85. The number of fused-ring (bicyclic) bond motifs is 1. The van der Waals surface area contributed by atoms with Crippen LogP contribution in [0.5, 0.6) is 0 Å². The Balaban J connectivity index is 2.82. The zero-order valence-electron chi connectivity index (χ0n) is 12.8. The van der Waals surface area contributed by atoms with Crippen molar-refractivity contribution in [3.63, 3.8) is 0 Å². The number of nitrogens with zero attached hydrogens (tertiary/aromatic N) is 2. The summed E-state index contributed by atoms with van der Waals surface area (Å²) in [7, 11) is 2.85. The van der Waals surface area contributed by atoms with E-state index in [2.05, 4.69) is 0 Å². The van der Waals surface area contributed by atoms with E-state index in [-0.39, 0.29) is 10.9 Å². The van der Waals surface area contributed by atoms with Crippen molar-refractivity contribution in [3.05, 3.63) is 58.3 Å². The molecule has 5 nitrogen and oxygen atoms in total. The first-order valence-corrected chi connectivity index (χ1v) is 6.79. The molecule has 0 radical (unpaired) electrons. The highest BCUT2D eigenvalue weighted by Gasteiger charge is 2.43. The molecule has 0 N–H and O–H groups in total. The molecule has 0 spiro atoms. The molecule has 0 heterocycles. The lowest BCUT2D eigenvalue weighted by Gasteiger charge is -2.14. The van der Waals surface area contributed by atoms with Crippen LogP contribution in [0.3, 0.4) is 0 Å². The second-order valence-corrected chi connectivity index (χ2v) is 5.27. The molecule has 0 bridgehead atoms. The average Bonchev–Trinajstić information content (AvgIpc) is 2.49. The SMILES string of the molecule is CN(C)/C=C(/C(=O)C(F)(F)F)c1ccc2ccccc2c1[N+](=O)[O-]. The maximum atomic E-state index is 12.9. The van der Waals surface area contributed by atoms with E-state index in [1.807, 2.05) is 0 Å².